The summed E-state index contributed by atoms with van der Waals surface area (Å²) in [4.78, 5) is 28.6. The molecular weight excluding hydrogens is 242 g/mol. The van der Waals surface area contributed by atoms with Gasteiger partial charge in [-0.25, -0.2) is 0 Å². The second-order valence-corrected chi connectivity index (χ2v) is 4.74. The summed E-state index contributed by atoms with van der Waals surface area (Å²) in [7, 11) is 0. The summed E-state index contributed by atoms with van der Waals surface area (Å²) in [5.41, 5.74) is 1.03. The number of carbonyl (C=O) groups excluding carboxylic acids is 2. The molecule has 0 aliphatic heterocycles. The van der Waals surface area contributed by atoms with Gasteiger partial charge in [0.1, 0.15) is 0 Å². The van der Waals surface area contributed by atoms with Crippen LogP contribution in [-0.2, 0) is 16.1 Å². The lowest BCUT2D eigenvalue weighted by Gasteiger charge is -2.21. The number of pyridine rings is 1. The van der Waals surface area contributed by atoms with Crippen LogP contribution in [0.25, 0.3) is 0 Å². The first-order valence-electron chi connectivity index (χ1n) is 6.43. The van der Waals surface area contributed by atoms with Crippen molar-refractivity contribution >= 4 is 11.8 Å². The number of aromatic nitrogens is 1. The van der Waals surface area contributed by atoms with Gasteiger partial charge in [-0.1, -0.05) is 13.8 Å². The van der Waals surface area contributed by atoms with Gasteiger partial charge in [-0.15, -0.1) is 0 Å². The largest absolute Gasteiger partial charge is 0.354 e. The molecule has 1 aromatic heterocycles. The van der Waals surface area contributed by atoms with Crippen molar-refractivity contribution in [1.29, 1.82) is 0 Å². The van der Waals surface area contributed by atoms with Gasteiger partial charge < -0.3 is 10.2 Å². The van der Waals surface area contributed by atoms with E-state index in [9.17, 15) is 9.59 Å². The van der Waals surface area contributed by atoms with Crippen LogP contribution in [0.4, 0.5) is 0 Å². The van der Waals surface area contributed by atoms with E-state index in [0.717, 1.165) is 5.56 Å². The Balaban J connectivity index is 2.46. The van der Waals surface area contributed by atoms with Gasteiger partial charge in [0.25, 0.3) is 0 Å². The monoisotopic (exact) mass is 263 g/mol. The van der Waals surface area contributed by atoms with E-state index in [1.165, 1.54) is 6.92 Å². The minimum absolute atomic E-state index is 0.00407. The Hall–Kier alpha value is -1.91. The van der Waals surface area contributed by atoms with Gasteiger partial charge in [-0.2, -0.15) is 0 Å². The van der Waals surface area contributed by atoms with Crippen molar-refractivity contribution in [3.8, 4) is 0 Å². The fourth-order valence-corrected chi connectivity index (χ4v) is 1.57. The van der Waals surface area contributed by atoms with Crippen LogP contribution >= 0.6 is 0 Å². The Morgan fingerprint density at radius 3 is 2.47 bits per heavy atom. The number of carbonyl (C=O) groups is 2. The van der Waals surface area contributed by atoms with Crippen molar-refractivity contribution in [2.45, 2.75) is 27.3 Å². The van der Waals surface area contributed by atoms with Crippen LogP contribution in [0.15, 0.2) is 24.5 Å². The van der Waals surface area contributed by atoms with Crippen LogP contribution in [0, 0.1) is 5.92 Å². The molecule has 19 heavy (non-hydrogen) atoms. The first-order chi connectivity index (χ1) is 9.00. The number of amides is 2. The van der Waals surface area contributed by atoms with Crippen LogP contribution in [0.3, 0.4) is 0 Å². The molecule has 0 spiro atoms. The van der Waals surface area contributed by atoms with Crippen molar-refractivity contribution < 1.29 is 9.59 Å². The zero-order valence-corrected chi connectivity index (χ0v) is 11.7. The summed E-state index contributed by atoms with van der Waals surface area (Å²) in [6.45, 7) is 6.74. The molecule has 0 radical (unpaired) electrons. The molecule has 104 valence electrons. The highest BCUT2D eigenvalue weighted by atomic mass is 16.2. The van der Waals surface area contributed by atoms with Gasteiger partial charge >= 0.3 is 0 Å². The Bertz CT molecular complexity index is 418. The molecule has 0 saturated carbocycles. The van der Waals surface area contributed by atoms with E-state index in [0.29, 0.717) is 19.6 Å². The predicted molar refractivity (Wildman–Crippen MR) is 73.2 cm³/mol. The fraction of sp³-hybridized carbons (Fsp3) is 0.500. The molecule has 2 amide bonds. The molecule has 0 aliphatic rings. The summed E-state index contributed by atoms with van der Waals surface area (Å²) in [5.74, 6) is -0.0333. The summed E-state index contributed by atoms with van der Waals surface area (Å²) < 4.78 is 0. The molecule has 1 heterocycles. The highest BCUT2D eigenvalue weighted by Gasteiger charge is 2.11. The van der Waals surface area contributed by atoms with E-state index in [-0.39, 0.29) is 17.7 Å². The SMILES string of the molecule is CC(=O)N(CCNC(=O)C(C)C)Cc1ccncc1. The lowest BCUT2D eigenvalue weighted by molar-refractivity contribution is -0.130. The minimum Gasteiger partial charge on any atom is -0.354 e. The maximum absolute atomic E-state index is 11.6. The third-order valence-electron chi connectivity index (χ3n) is 2.77. The van der Waals surface area contributed by atoms with Crippen LogP contribution < -0.4 is 5.32 Å². The first kappa shape index (κ1) is 15.1. The van der Waals surface area contributed by atoms with Crippen LogP contribution in [-0.4, -0.2) is 34.8 Å². The number of rotatable bonds is 6. The number of nitrogens with one attached hydrogen (secondary N) is 1. The molecule has 0 aromatic carbocycles. The van der Waals surface area contributed by atoms with E-state index in [1.54, 1.807) is 17.3 Å². The molecule has 5 heteroatoms. The summed E-state index contributed by atoms with van der Waals surface area (Å²) in [6, 6.07) is 3.76. The standard InChI is InChI=1S/C14H21N3O2/c1-11(2)14(19)16-8-9-17(12(3)18)10-13-4-6-15-7-5-13/h4-7,11H,8-10H2,1-3H3,(H,16,19). The fourth-order valence-electron chi connectivity index (χ4n) is 1.57. The smallest absolute Gasteiger partial charge is 0.222 e. The molecule has 1 N–H and O–H groups in total. The summed E-state index contributed by atoms with van der Waals surface area (Å²) in [6.07, 6.45) is 3.41. The van der Waals surface area contributed by atoms with Gasteiger partial charge in [-0.05, 0) is 17.7 Å². The first-order valence-corrected chi connectivity index (χ1v) is 6.43. The van der Waals surface area contributed by atoms with Crippen LogP contribution in [0.2, 0.25) is 0 Å². The molecule has 5 nitrogen and oxygen atoms in total. The van der Waals surface area contributed by atoms with Gasteiger partial charge in [0.15, 0.2) is 0 Å². The van der Waals surface area contributed by atoms with Crippen molar-refractivity contribution in [1.82, 2.24) is 15.2 Å². The van der Waals surface area contributed by atoms with Crippen molar-refractivity contribution in [2.75, 3.05) is 13.1 Å². The highest BCUT2D eigenvalue weighted by molar-refractivity contribution is 5.78. The van der Waals surface area contributed by atoms with Crippen molar-refractivity contribution in [2.24, 2.45) is 5.92 Å². The van der Waals surface area contributed by atoms with E-state index in [4.69, 9.17) is 0 Å². The number of hydrogen-bond acceptors (Lipinski definition) is 3. The van der Waals surface area contributed by atoms with Crippen molar-refractivity contribution in [3.63, 3.8) is 0 Å². The molecule has 0 saturated heterocycles. The minimum atomic E-state index is -0.0361. The molecule has 1 rings (SSSR count). The van der Waals surface area contributed by atoms with E-state index < -0.39 is 0 Å². The molecule has 0 bridgehead atoms. The van der Waals surface area contributed by atoms with Gasteiger partial charge in [0.2, 0.25) is 11.8 Å². The summed E-state index contributed by atoms with van der Waals surface area (Å²) in [5, 5.41) is 2.81. The second kappa shape index (κ2) is 7.51. The molecular formula is C14H21N3O2. The third-order valence-corrected chi connectivity index (χ3v) is 2.77. The van der Waals surface area contributed by atoms with E-state index in [1.807, 2.05) is 26.0 Å². The number of nitrogens with zero attached hydrogens (tertiary/aromatic N) is 2. The third kappa shape index (κ3) is 5.50. The molecule has 0 aliphatic carbocycles. The Morgan fingerprint density at radius 2 is 1.95 bits per heavy atom. The van der Waals surface area contributed by atoms with E-state index in [2.05, 4.69) is 10.3 Å². The van der Waals surface area contributed by atoms with Gasteiger partial charge in [0.05, 0.1) is 0 Å². The number of hydrogen-bond donors (Lipinski definition) is 1. The normalized spacial score (nSPS) is 10.3. The predicted octanol–water partition coefficient (Wildman–Crippen LogP) is 1.20. The Kier molecular flexibility index (Phi) is 5.99. The second-order valence-electron chi connectivity index (χ2n) is 4.74. The van der Waals surface area contributed by atoms with Crippen LogP contribution in [0.5, 0.6) is 0 Å². The molecule has 0 fully saturated rings. The van der Waals surface area contributed by atoms with E-state index >= 15 is 0 Å². The Labute approximate surface area is 114 Å². The van der Waals surface area contributed by atoms with Crippen molar-refractivity contribution in [3.05, 3.63) is 30.1 Å². The Morgan fingerprint density at radius 1 is 1.32 bits per heavy atom. The zero-order valence-electron chi connectivity index (χ0n) is 11.7. The maximum atomic E-state index is 11.6. The quantitative estimate of drug-likeness (QED) is 0.839. The van der Waals surface area contributed by atoms with Gasteiger partial charge in [-0.3, -0.25) is 14.6 Å². The zero-order chi connectivity index (χ0) is 14.3. The lowest BCUT2D eigenvalue weighted by atomic mass is 10.2. The highest BCUT2D eigenvalue weighted by Crippen LogP contribution is 2.03. The lowest BCUT2D eigenvalue weighted by Crippen LogP contribution is -2.38. The van der Waals surface area contributed by atoms with Gasteiger partial charge in [0, 0.05) is 44.9 Å². The summed E-state index contributed by atoms with van der Waals surface area (Å²) >= 11 is 0. The topological polar surface area (TPSA) is 62.3 Å². The molecule has 0 unspecified atom stereocenters. The average molecular weight is 263 g/mol. The molecule has 0 atom stereocenters. The van der Waals surface area contributed by atoms with Crippen LogP contribution in [0.1, 0.15) is 26.3 Å². The molecule has 1 aromatic rings. The maximum Gasteiger partial charge on any atom is 0.222 e. The average Bonchev–Trinajstić information content (AvgIpc) is 2.38.